The highest BCUT2D eigenvalue weighted by molar-refractivity contribution is 6.09. The normalized spacial score (nSPS) is 10.9. The van der Waals surface area contributed by atoms with E-state index in [1.165, 1.54) is 43.5 Å². The van der Waals surface area contributed by atoms with E-state index in [1.807, 2.05) is 12.1 Å². The molecule has 0 aliphatic heterocycles. The van der Waals surface area contributed by atoms with Gasteiger partial charge < -0.3 is 10.1 Å². The molecule has 0 aromatic heterocycles. The van der Waals surface area contributed by atoms with Gasteiger partial charge >= 0.3 is 0 Å². The molecule has 0 fully saturated rings. The number of nitriles is 1. The van der Waals surface area contributed by atoms with Gasteiger partial charge in [0.05, 0.1) is 12.8 Å². The van der Waals surface area contributed by atoms with E-state index in [-0.39, 0.29) is 17.1 Å². The Kier molecular flexibility index (Phi) is 6.56. The third-order valence-corrected chi connectivity index (χ3v) is 4.39. The van der Waals surface area contributed by atoms with Gasteiger partial charge in [0.2, 0.25) is 0 Å². The summed E-state index contributed by atoms with van der Waals surface area (Å²) in [5.74, 6) is -1.08. The topological polar surface area (TPSA) is 62.1 Å². The van der Waals surface area contributed by atoms with Crippen molar-refractivity contribution in [2.75, 3.05) is 12.4 Å². The average molecular weight is 404 g/mol. The highest BCUT2D eigenvalue weighted by Gasteiger charge is 2.13. The zero-order valence-corrected chi connectivity index (χ0v) is 16.2. The standard InChI is InChI=1S/C24H18F2N2O2/c1-30-23-14-17(9-10-18(23)11-16-5-4-6-20(25)13-16)12-19(15-27)24(29)28-22-8-3-2-7-21(22)26/h2-10,12-14H,11H2,1H3,(H,28,29)/b19-12+. The number of benzene rings is 3. The molecule has 0 unspecified atom stereocenters. The lowest BCUT2D eigenvalue weighted by Gasteiger charge is -2.10. The van der Waals surface area contributed by atoms with Crippen molar-refractivity contribution in [1.82, 2.24) is 0 Å². The summed E-state index contributed by atoms with van der Waals surface area (Å²) in [4.78, 5) is 12.4. The van der Waals surface area contributed by atoms with Gasteiger partial charge in [0, 0.05) is 6.42 Å². The first-order chi connectivity index (χ1) is 14.5. The van der Waals surface area contributed by atoms with Crippen molar-refractivity contribution >= 4 is 17.7 Å². The number of ether oxygens (including phenoxy) is 1. The van der Waals surface area contributed by atoms with Crippen LogP contribution < -0.4 is 10.1 Å². The maximum atomic E-state index is 13.7. The Hall–Kier alpha value is -3.98. The van der Waals surface area contributed by atoms with Gasteiger partial charge in [-0.3, -0.25) is 4.79 Å². The predicted octanol–water partition coefficient (Wildman–Crippen LogP) is 5.11. The molecular formula is C24H18F2N2O2. The number of anilines is 1. The first-order valence-corrected chi connectivity index (χ1v) is 9.09. The monoisotopic (exact) mass is 404 g/mol. The van der Waals surface area contributed by atoms with Crippen LogP contribution in [0.4, 0.5) is 14.5 Å². The van der Waals surface area contributed by atoms with Crippen molar-refractivity contribution < 1.29 is 18.3 Å². The van der Waals surface area contributed by atoms with E-state index >= 15 is 0 Å². The second-order valence-corrected chi connectivity index (χ2v) is 6.48. The van der Waals surface area contributed by atoms with Gasteiger partial charge in [0.1, 0.15) is 29.0 Å². The van der Waals surface area contributed by atoms with E-state index in [0.29, 0.717) is 17.7 Å². The van der Waals surface area contributed by atoms with Gasteiger partial charge in [-0.15, -0.1) is 0 Å². The lowest BCUT2D eigenvalue weighted by molar-refractivity contribution is -0.112. The van der Waals surface area contributed by atoms with E-state index in [4.69, 9.17) is 4.74 Å². The van der Waals surface area contributed by atoms with Crippen molar-refractivity contribution in [2.45, 2.75) is 6.42 Å². The van der Waals surface area contributed by atoms with Crippen LogP contribution in [0.15, 0.2) is 72.3 Å². The summed E-state index contributed by atoms with van der Waals surface area (Å²) in [5, 5.41) is 11.8. The lowest BCUT2D eigenvalue weighted by atomic mass is 10.0. The van der Waals surface area contributed by atoms with Crippen LogP contribution in [-0.4, -0.2) is 13.0 Å². The molecule has 4 nitrogen and oxygen atoms in total. The van der Waals surface area contributed by atoms with Crippen molar-refractivity contribution in [3.05, 3.63) is 101 Å². The number of amides is 1. The number of para-hydroxylation sites is 1. The van der Waals surface area contributed by atoms with Gasteiger partial charge in [-0.2, -0.15) is 5.26 Å². The molecule has 30 heavy (non-hydrogen) atoms. The van der Waals surface area contributed by atoms with Gasteiger partial charge in [0.25, 0.3) is 5.91 Å². The van der Waals surface area contributed by atoms with Crippen molar-refractivity contribution in [2.24, 2.45) is 0 Å². The van der Waals surface area contributed by atoms with Gasteiger partial charge in [-0.05, 0) is 53.1 Å². The number of methoxy groups -OCH3 is 1. The molecule has 0 aliphatic rings. The number of halogens is 2. The fraction of sp³-hybridized carbons (Fsp3) is 0.0833. The molecule has 0 bridgehead atoms. The molecule has 0 saturated carbocycles. The molecule has 3 aromatic carbocycles. The van der Waals surface area contributed by atoms with Gasteiger partial charge in [0.15, 0.2) is 0 Å². The fourth-order valence-corrected chi connectivity index (χ4v) is 2.93. The maximum absolute atomic E-state index is 13.7. The SMILES string of the molecule is COc1cc(/C=C(\C#N)C(=O)Nc2ccccc2F)ccc1Cc1cccc(F)c1. The van der Waals surface area contributed by atoms with Crippen LogP contribution in [0.5, 0.6) is 5.75 Å². The van der Waals surface area contributed by atoms with Crippen LogP contribution >= 0.6 is 0 Å². The summed E-state index contributed by atoms with van der Waals surface area (Å²) in [7, 11) is 1.51. The molecule has 150 valence electrons. The number of carbonyl (C=O) groups excluding carboxylic acids is 1. The Labute approximate surface area is 173 Å². The van der Waals surface area contributed by atoms with Crippen molar-refractivity contribution in [3.8, 4) is 11.8 Å². The molecular weight excluding hydrogens is 386 g/mol. The van der Waals surface area contributed by atoms with Crippen LogP contribution in [-0.2, 0) is 11.2 Å². The maximum Gasteiger partial charge on any atom is 0.266 e. The third-order valence-electron chi connectivity index (χ3n) is 4.39. The van der Waals surface area contributed by atoms with Crippen LogP contribution in [0.1, 0.15) is 16.7 Å². The molecule has 3 rings (SSSR count). The number of carbonyl (C=O) groups is 1. The van der Waals surface area contributed by atoms with Crippen molar-refractivity contribution in [3.63, 3.8) is 0 Å². The van der Waals surface area contributed by atoms with Crippen LogP contribution in [0, 0.1) is 23.0 Å². The smallest absolute Gasteiger partial charge is 0.266 e. The van der Waals surface area contributed by atoms with Gasteiger partial charge in [-0.25, -0.2) is 8.78 Å². The van der Waals surface area contributed by atoms with E-state index in [1.54, 1.807) is 30.3 Å². The summed E-state index contributed by atoms with van der Waals surface area (Å²) < 4.78 is 32.6. The molecule has 0 aliphatic carbocycles. The minimum absolute atomic E-state index is 0.00771. The lowest BCUT2D eigenvalue weighted by Crippen LogP contribution is -2.14. The van der Waals surface area contributed by atoms with Crippen molar-refractivity contribution in [1.29, 1.82) is 5.26 Å². The molecule has 0 atom stereocenters. The second-order valence-electron chi connectivity index (χ2n) is 6.48. The molecule has 1 N–H and O–H groups in total. The highest BCUT2D eigenvalue weighted by atomic mass is 19.1. The quantitative estimate of drug-likeness (QED) is 0.459. The van der Waals surface area contributed by atoms with Crippen LogP contribution in [0.25, 0.3) is 6.08 Å². The Morgan fingerprint density at radius 1 is 1.10 bits per heavy atom. The minimum atomic E-state index is -0.717. The Morgan fingerprint density at radius 2 is 1.90 bits per heavy atom. The van der Waals surface area contributed by atoms with Crippen LogP contribution in [0.2, 0.25) is 0 Å². The van der Waals surface area contributed by atoms with Gasteiger partial charge in [-0.1, -0.05) is 36.4 Å². The fourth-order valence-electron chi connectivity index (χ4n) is 2.93. The number of hydrogen-bond donors (Lipinski definition) is 1. The largest absolute Gasteiger partial charge is 0.496 e. The number of nitrogens with one attached hydrogen (secondary N) is 1. The third kappa shape index (κ3) is 5.09. The molecule has 0 radical (unpaired) electrons. The molecule has 6 heteroatoms. The average Bonchev–Trinajstić information content (AvgIpc) is 2.74. The summed E-state index contributed by atoms with van der Waals surface area (Å²) in [6.07, 6.45) is 1.86. The second kappa shape index (κ2) is 9.48. The van der Waals surface area contributed by atoms with E-state index in [0.717, 1.165) is 11.1 Å². The summed E-state index contributed by atoms with van der Waals surface area (Å²) >= 11 is 0. The summed E-state index contributed by atoms with van der Waals surface area (Å²) in [5.41, 5.74) is 1.99. The summed E-state index contributed by atoms with van der Waals surface area (Å²) in [6.45, 7) is 0. The first-order valence-electron chi connectivity index (χ1n) is 9.09. The Bertz CT molecular complexity index is 1150. The number of nitrogens with zero attached hydrogens (tertiary/aromatic N) is 1. The Balaban J connectivity index is 1.83. The summed E-state index contributed by atoms with van der Waals surface area (Å²) in [6, 6.07) is 19.0. The molecule has 0 heterocycles. The molecule has 3 aromatic rings. The zero-order valence-electron chi connectivity index (χ0n) is 16.2. The molecule has 1 amide bonds. The Morgan fingerprint density at radius 3 is 2.60 bits per heavy atom. The zero-order chi connectivity index (χ0) is 21.5. The highest BCUT2D eigenvalue weighted by Crippen LogP contribution is 2.25. The first kappa shape index (κ1) is 20.7. The van der Waals surface area contributed by atoms with E-state index in [9.17, 15) is 18.8 Å². The predicted molar refractivity (Wildman–Crippen MR) is 111 cm³/mol. The van der Waals surface area contributed by atoms with E-state index < -0.39 is 11.7 Å². The van der Waals surface area contributed by atoms with Crippen LogP contribution in [0.3, 0.4) is 0 Å². The molecule has 0 saturated heterocycles. The minimum Gasteiger partial charge on any atom is -0.496 e. The molecule has 0 spiro atoms. The number of hydrogen-bond acceptors (Lipinski definition) is 3. The van der Waals surface area contributed by atoms with E-state index in [2.05, 4.69) is 5.32 Å². The number of rotatable bonds is 6.